The molecule has 0 saturated heterocycles. The van der Waals surface area contributed by atoms with Crippen molar-refractivity contribution in [2.45, 2.75) is 48.9 Å². The van der Waals surface area contributed by atoms with Crippen LogP contribution in [0.15, 0.2) is 81.4 Å². The van der Waals surface area contributed by atoms with Crippen LogP contribution in [0.4, 0.5) is 4.39 Å². The second kappa shape index (κ2) is 10.9. The zero-order valence-electron chi connectivity index (χ0n) is 20.8. The molecule has 10 heteroatoms. The predicted octanol–water partition coefficient (Wildman–Crippen LogP) is 4.81. The molecule has 4 rings (SSSR count). The molecule has 194 valence electrons. The van der Waals surface area contributed by atoms with Crippen LogP contribution in [0.1, 0.15) is 49.7 Å². The van der Waals surface area contributed by atoms with Crippen molar-refractivity contribution in [3.8, 4) is 23.1 Å². The second-order valence-corrected chi connectivity index (χ2v) is 10.7. The first-order valence-corrected chi connectivity index (χ1v) is 13.5. The molecule has 38 heavy (non-hydrogen) atoms. The molecule has 0 saturated carbocycles. The predicted molar refractivity (Wildman–Crippen MR) is 139 cm³/mol. The molecule has 0 amide bonds. The number of benzene rings is 2. The average molecular weight is 533 g/mol. The summed E-state index contributed by atoms with van der Waals surface area (Å²) in [6.45, 7) is 3.70. The van der Waals surface area contributed by atoms with E-state index >= 15 is 0 Å². The number of aromatic nitrogens is 3. The molecule has 2 aromatic carbocycles. The summed E-state index contributed by atoms with van der Waals surface area (Å²) in [5.41, 5.74) is 1.17. The van der Waals surface area contributed by atoms with Crippen molar-refractivity contribution in [1.82, 2.24) is 14.5 Å². The fourth-order valence-electron chi connectivity index (χ4n) is 4.21. The third-order valence-corrected chi connectivity index (χ3v) is 8.06. The van der Waals surface area contributed by atoms with E-state index in [2.05, 4.69) is 16.0 Å². The lowest BCUT2D eigenvalue weighted by Gasteiger charge is -2.23. The van der Waals surface area contributed by atoms with Gasteiger partial charge in [0.05, 0.1) is 22.6 Å². The number of aromatic hydroxyl groups is 1. The Labute approximate surface area is 219 Å². The van der Waals surface area contributed by atoms with E-state index in [1.165, 1.54) is 47.2 Å². The van der Waals surface area contributed by atoms with Gasteiger partial charge in [0.1, 0.15) is 5.82 Å². The summed E-state index contributed by atoms with van der Waals surface area (Å²) in [5, 5.41) is 20.6. The lowest BCUT2D eigenvalue weighted by molar-refractivity contribution is 0.369. The van der Waals surface area contributed by atoms with Crippen molar-refractivity contribution in [1.29, 1.82) is 5.26 Å². The second-order valence-electron chi connectivity index (χ2n) is 8.77. The van der Waals surface area contributed by atoms with Gasteiger partial charge in [-0.25, -0.2) is 13.4 Å². The highest BCUT2D eigenvalue weighted by molar-refractivity contribution is 7.91. The van der Waals surface area contributed by atoms with Crippen molar-refractivity contribution in [3.63, 3.8) is 0 Å². The quantitative estimate of drug-likeness (QED) is 0.323. The molecule has 1 atom stereocenters. The van der Waals surface area contributed by atoms with Crippen molar-refractivity contribution in [2.24, 2.45) is 0 Å². The summed E-state index contributed by atoms with van der Waals surface area (Å²) >= 11 is 0. The molecule has 2 heterocycles. The Balaban J connectivity index is 1.83. The van der Waals surface area contributed by atoms with E-state index in [0.717, 1.165) is 6.42 Å². The highest BCUT2D eigenvalue weighted by Gasteiger charge is 2.31. The van der Waals surface area contributed by atoms with Crippen molar-refractivity contribution >= 4 is 9.84 Å². The van der Waals surface area contributed by atoms with Crippen LogP contribution in [-0.4, -0.2) is 28.1 Å². The lowest BCUT2D eigenvalue weighted by Crippen LogP contribution is -2.27. The van der Waals surface area contributed by atoms with Crippen LogP contribution in [0, 0.1) is 17.3 Å². The molecule has 1 N–H and O–H groups in total. The van der Waals surface area contributed by atoms with Gasteiger partial charge in [-0.2, -0.15) is 14.6 Å². The number of sulfone groups is 1. The molecule has 1 unspecified atom stereocenters. The van der Waals surface area contributed by atoms with Crippen LogP contribution in [0.25, 0.3) is 11.1 Å². The summed E-state index contributed by atoms with van der Waals surface area (Å²) in [7, 11) is -4.47. The fourth-order valence-corrected chi connectivity index (χ4v) is 5.55. The van der Waals surface area contributed by atoms with Gasteiger partial charge >= 0.3 is 0 Å². The van der Waals surface area contributed by atoms with Gasteiger partial charge in [-0.05, 0) is 60.9 Å². The van der Waals surface area contributed by atoms with Gasteiger partial charge in [-0.15, -0.1) is 0 Å². The highest BCUT2D eigenvalue weighted by atomic mass is 32.2. The Morgan fingerprint density at radius 3 is 2.45 bits per heavy atom. The van der Waals surface area contributed by atoms with E-state index in [1.807, 2.05) is 6.92 Å². The minimum atomic E-state index is -4.47. The Hall–Kier alpha value is -4.36. The smallest absolute Gasteiger partial charge is 0.296 e. The van der Waals surface area contributed by atoms with Crippen molar-refractivity contribution in [3.05, 3.63) is 100 Å². The van der Waals surface area contributed by atoms with Gasteiger partial charge in [-0.3, -0.25) is 9.36 Å². The Morgan fingerprint density at radius 2 is 1.82 bits per heavy atom. The molecule has 0 bridgehead atoms. The molecule has 0 radical (unpaired) electrons. The topological polar surface area (TPSA) is 126 Å². The first kappa shape index (κ1) is 26.7. The maximum absolute atomic E-state index is 13.6. The van der Waals surface area contributed by atoms with Crippen LogP contribution < -0.4 is 5.56 Å². The number of rotatable bonds is 8. The average Bonchev–Trinajstić information content (AvgIpc) is 2.91. The summed E-state index contributed by atoms with van der Waals surface area (Å²) in [5.74, 6) is -1.09. The third-order valence-electron chi connectivity index (χ3n) is 6.27. The number of nitriles is 1. The van der Waals surface area contributed by atoms with Crippen LogP contribution in [0.5, 0.6) is 5.88 Å². The molecular formula is C28H25FN4O4S. The number of hydrogen-bond donors (Lipinski definition) is 1. The zero-order chi connectivity index (χ0) is 27.4. The monoisotopic (exact) mass is 532 g/mol. The number of pyridine rings is 1. The van der Waals surface area contributed by atoms with Crippen molar-refractivity contribution < 1.29 is 17.9 Å². The van der Waals surface area contributed by atoms with E-state index in [0.29, 0.717) is 35.1 Å². The Morgan fingerprint density at radius 1 is 1.11 bits per heavy atom. The van der Waals surface area contributed by atoms with Gasteiger partial charge in [-0.1, -0.05) is 37.6 Å². The molecular weight excluding hydrogens is 507 g/mol. The third kappa shape index (κ3) is 5.19. The minimum absolute atomic E-state index is 0.211. The number of aryl methyl sites for hydroxylation is 1. The van der Waals surface area contributed by atoms with E-state index in [9.17, 15) is 28.0 Å². The van der Waals surface area contributed by atoms with Gasteiger partial charge in [0.25, 0.3) is 5.56 Å². The van der Waals surface area contributed by atoms with Crippen LogP contribution in [0.2, 0.25) is 0 Å². The zero-order valence-corrected chi connectivity index (χ0v) is 21.6. The summed E-state index contributed by atoms with van der Waals surface area (Å²) < 4.78 is 41.7. The molecule has 0 fully saturated rings. The molecule has 8 nitrogen and oxygen atoms in total. The minimum Gasteiger partial charge on any atom is -0.493 e. The highest BCUT2D eigenvalue weighted by Crippen LogP contribution is 2.32. The van der Waals surface area contributed by atoms with Gasteiger partial charge in [0.2, 0.25) is 21.7 Å². The Bertz CT molecular complexity index is 1680. The normalized spacial score (nSPS) is 12.2. The molecule has 0 aliphatic carbocycles. The Kier molecular flexibility index (Phi) is 7.69. The van der Waals surface area contributed by atoms with Crippen LogP contribution in [-0.2, 0) is 16.3 Å². The van der Waals surface area contributed by atoms with Crippen molar-refractivity contribution in [2.75, 3.05) is 0 Å². The maximum Gasteiger partial charge on any atom is 0.296 e. The van der Waals surface area contributed by atoms with Crippen LogP contribution in [0.3, 0.4) is 0 Å². The molecule has 2 aromatic heterocycles. The summed E-state index contributed by atoms with van der Waals surface area (Å²) in [6.07, 6.45) is 3.14. The maximum atomic E-state index is 13.6. The van der Waals surface area contributed by atoms with E-state index in [1.54, 1.807) is 31.2 Å². The van der Waals surface area contributed by atoms with Gasteiger partial charge in [0, 0.05) is 18.2 Å². The number of unbranched alkanes of at least 4 members (excludes halogenated alkanes) is 1. The number of nitrogens with zero attached hydrogens (tertiary/aromatic N) is 4. The van der Waals surface area contributed by atoms with E-state index in [-0.39, 0.29) is 10.7 Å². The SMILES string of the molecule is CCCCc1nc(=O)c(S(=O)(=O)c2ccc(-c3ccc(F)nc3)cc2)c(O)n1C(C)c1cccc(C#N)c1. The molecule has 4 aromatic rings. The standard InChI is InChI=1S/C28H25FN4O4S/c1-3-4-8-25-32-27(34)26(28(35)33(25)18(2)21-7-5-6-19(15-21)16-30)38(36,37)23-12-9-20(10-13-23)22-11-14-24(29)31-17-22/h5-7,9-15,17-18,35H,3-4,8H2,1-2H3. The van der Waals surface area contributed by atoms with Gasteiger partial charge in [0.15, 0.2) is 4.90 Å². The molecule has 0 aliphatic heterocycles. The first-order chi connectivity index (χ1) is 18.2. The van der Waals surface area contributed by atoms with Gasteiger partial charge < -0.3 is 5.11 Å². The van der Waals surface area contributed by atoms with E-state index < -0.39 is 38.2 Å². The number of hydrogen-bond acceptors (Lipinski definition) is 7. The molecule has 0 aliphatic rings. The number of halogens is 1. The van der Waals surface area contributed by atoms with Crippen LogP contribution >= 0.6 is 0 Å². The first-order valence-electron chi connectivity index (χ1n) is 12.0. The lowest BCUT2D eigenvalue weighted by atomic mass is 10.0. The molecule has 0 spiro atoms. The summed E-state index contributed by atoms with van der Waals surface area (Å²) in [6, 6.07) is 16.5. The fraction of sp³-hybridized carbons (Fsp3) is 0.214. The largest absolute Gasteiger partial charge is 0.493 e. The summed E-state index contributed by atoms with van der Waals surface area (Å²) in [4.78, 5) is 19.7. The van der Waals surface area contributed by atoms with E-state index in [4.69, 9.17) is 0 Å².